The molecule has 186 valence electrons. The van der Waals surface area contributed by atoms with Gasteiger partial charge in [0.2, 0.25) is 5.91 Å². The van der Waals surface area contributed by atoms with E-state index in [9.17, 15) is 13.2 Å². The van der Waals surface area contributed by atoms with Gasteiger partial charge in [0, 0.05) is 6.07 Å². The van der Waals surface area contributed by atoms with Gasteiger partial charge >= 0.3 is 0 Å². The summed E-state index contributed by atoms with van der Waals surface area (Å²) in [5.41, 5.74) is 2.46. The fourth-order valence-corrected chi connectivity index (χ4v) is 4.75. The number of aryl methyl sites for hydroxylation is 2. The van der Waals surface area contributed by atoms with Crippen molar-refractivity contribution in [1.82, 2.24) is 5.32 Å². The van der Waals surface area contributed by atoms with Gasteiger partial charge in [0.25, 0.3) is 10.0 Å². The van der Waals surface area contributed by atoms with Crippen molar-refractivity contribution in [2.24, 2.45) is 0 Å². The van der Waals surface area contributed by atoms with Gasteiger partial charge < -0.3 is 19.5 Å². The van der Waals surface area contributed by atoms with Crippen molar-refractivity contribution in [3.63, 3.8) is 0 Å². The average molecular weight is 499 g/mol. The predicted molar refractivity (Wildman–Crippen MR) is 135 cm³/mol. The maximum Gasteiger partial charge on any atom is 0.264 e. The number of carbonyl (C=O) groups excluding carboxylic acids is 1. The van der Waals surface area contributed by atoms with E-state index in [1.807, 2.05) is 38.1 Å². The number of nitrogens with one attached hydrogen (secondary N) is 1. The maximum atomic E-state index is 13.6. The van der Waals surface area contributed by atoms with Crippen LogP contribution in [0.2, 0.25) is 0 Å². The number of benzene rings is 3. The molecule has 0 aliphatic rings. The van der Waals surface area contributed by atoms with Crippen molar-refractivity contribution in [3.05, 3.63) is 77.9 Å². The lowest BCUT2D eigenvalue weighted by Crippen LogP contribution is -2.41. The SMILES string of the molecule is COc1ccc(S(=O)(=O)N(CC(=O)NCCOc2ccc(C)cc2)c2ccc(C)cc2)cc1OC. The molecule has 1 amide bonds. The summed E-state index contributed by atoms with van der Waals surface area (Å²) in [5.74, 6) is 0.916. The van der Waals surface area contributed by atoms with Crippen molar-refractivity contribution in [2.75, 3.05) is 38.2 Å². The van der Waals surface area contributed by atoms with Gasteiger partial charge in [0.15, 0.2) is 11.5 Å². The standard InChI is InChI=1S/C26H30N2O6S/c1-19-5-9-21(10-6-19)28(35(30,31)23-13-14-24(32-3)25(17-23)33-4)18-26(29)27-15-16-34-22-11-7-20(2)8-12-22/h5-14,17H,15-16,18H2,1-4H3,(H,27,29). The Bertz CT molecular complexity index is 1240. The highest BCUT2D eigenvalue weighted by Gasteiger charge is 2.28. The van der Waals surface area contributed by atoms with Crippen LogP contribution in [0.25, 0.3) is 0 Å². The van der Waals surface area contributed by atoms with Crippen LogP contribution < -0.4 is 23.8 Å². The summed E-state index contributed by atoms with van der Waals surface area (Å²) in [4.78, 5) is 12.7. The summed E-state index contributed by atoms with van der Waals surface area (Å²) >= 11 is 0. The highest BCUT2D eigenvalue weighted by molar-refractivity contribution is 7.92. The molecule has 0 saturated heterocycles. The Morgan fingerprint density at radius 3 is 2.06 bits per heavy atom. The van der Waals surface area contributed by atoms with Gasteiger partial charge in [-0.2, -0.15) is 0 Å². The summed E-state index contributed by atoms with van der Waals surface area (Å²) < 4.78 is 44.3. The number of amides is 1. The van der Waals surface area contributed by atoms with Crippen LogP contribution in [0.5, 0.6) is 17.2 Å². The molecule has 35 heavy (non-hydrogen) atoms. The molecule has 0 heterocycles. The summed E-state index contributed by atoms with van der Waals surface area (Å²) in [6.45, 7) is 3.97. The molecule has 0 spiro atoms. The van der Waals surface area contributed by atoms with E-state index in [-0.39, 0.29) is 23.8 Å². The highest BCUT2D eigenvalue weighted by Crippen LogP contribution is 2.32. The van der Waals surface area contributed by atoms with E-state index in [0.717, 1.165) is 15.4 Å². The van der Waals surface area contributed by atoms with E-state index in [0.29, 0.717) is 17.2 Å². The molecule has 1 N–H and O–H groups in total. The number of nitrogens with zero attached hydrogens (tertiary/aromatic N) is 1. The number of methoxy groups -OCH3 is 2. The first kappa shape index (κ1) is 25.9. The number of sulfonamides is 1. The minimum atomic E-state index is -4.09. The maximum absolute atomic E-state index is 13.6. The largest absolute Gasteiger partial charge is 0.493 e. The average Bonchev–Trinajstić information content (AvgIpc) is 2.86. The van der Waals surface area contributed by atoms with Gasteiger partial charge in [-0.05, 0) is 50.2 Å². The minimum absolute atomic E-state index is 0.0220. The third-order valence-corrected chi connectivity index (χ3v) is 7.04. The molecule has 9 heteroatoms. The van der Waals surface area contributed by atoms with Gasteiger partial charge in [-0.1, -0.05) is 35.4 Å². The lowest BCUT2D eigenvalue weighted by Gasteiger charge is -2.24. The number of carbonyl (C=O) groups is 1. The third-order valence-electron chi connectivity index (χ3n) is 5.27. The van der Waals surface area contributed by atoms with Gasteiger partial charge in [-0.15, -0.1) is 0 Å². The Balaban J connectivity index is 1.76. The molecule has 0 saturated carbocycles. The molecular formula is C26H30N2O6S. The number of rotatable bonds is 11. The Labute approximate surface area is 206 Å². The summed E-state index contributed by atoms with van der Waals surface area (Å²) in [7, 11) is -1.19. The zero-order valence-corrected chi connectivity index (χ0v) is 21.1. The molecule has 3 aromatic rings. The molecule has 0 aliphatic carbocycles. The number of anilines is 1. The van der Waals surface area contributed by atoms with E-state index in [1.165, 1.54) is 32.4 Å². The van der Waals surface area contributed by atoms with Crippen LogP contribution in [0, 0.1) is 13.8 Å². The number of hydrogen-bond donors (Lipinski definition) is 1. The lowest BCUT2D eigenvalue weighted by atomic mass is 10.2. The van der Waals surface area contributed by atoms with Crippen molar-refractivity contribution in [1.29, 1.82) is 0 Å². The highest BCUT2D eigenvalue weighted by atomic mass is 32.2. The Hall–Kier alpha value is -3.72. The first-order valence-corrected chi connectivity index (χ1v) is 12.5. The molecule has 8 nitrogen and oxygen atoms in total. The van der Waals surface area contributed by atoms with E-state index in [4.69, 9.17) is 14.2 Å². The summed E-state index contributed by atoms with van der Waals surface area (Å²) in [5, 5.41) is 2.73. The molecule has 0 radical (unpaired) electrons. The molecule has 0 aliphatic heterocycles. The van der Waals surface area contributed by atoms with E-state index in [2.05, 4.69) is 5.32 Å². The number of ether oxygens (including phenoxy) is 3. The smallest absolute Gasteiger partial charge is 0.264 e. The Morgan fingerprint density at radius 1 is 0.857 bits per heavy atom. The van der Waals surface area contributed by atoms with Crippen molar-refractivity contribution in [3.8, 4) is 17.2 Å². The van der Waals surface area contributed by atoms with Gasteiger partial charge in [0.1, 0.15) is 18.9 Å². The molecule has 0 unspecified atom stereocenters. The van der Waals surface area contributed by atoms with E-state index < -0.39 is 22.5 Å². The molecule has 0 bridgehead atoms. The van der Waals surface area contributed by atoms with Crippen LogP contribution in [0.15, 0.2) is 71.6 Å². The summed E-state index contributed by atoms with van der Waals surface area (Å²) in [6.07, 6.45) is 0. The van der Waals surface area contributed by atoms with Crippen LogP contribution >= 0.6 is 0 Å². The fraction of sp³-hybridized carbons (Fsp3) is 0.269. The molecule has 0 aromatic heterocycles. The minimum Gasteiger partial charge on any atom is -0.493 e. The van der Waals surface area contributed by atoms with E-state index in [1.54, 1.807) is 24.3 Å². The third kappa shape index (κ3) is 6.66. The predicted octanol–water partition coefficient (Wildman–Crippen LogP) is 3.71. The van der Waals surface area contributed by atoms with Crippen molar-refractivity contribution >= 4 is 21.6 Å². The van der Waals surface area contributed by atoms with Crippen molar-refractivity contribution in [2.45, 2.75) is 18.7 Å². The second-order valence-corrected chi connectivity index (χ2v) is 9.74. The van der Waals surface area contributed by atoms with Crippen LogP contribution in [0.1, 0.15) is 11.1 Å². The molecule has 3 rings (SSSR count). The van der Waals surface area contributed by atoms with E-state index >= 15 is 0 Å². The van der Waals surface area contributed by atoms with Gasteiger partial charge in [-0.25, -0.2) is 8.42 Å². The monoisotopic (exact) mass is 498 g/mol. The Kier molecular flexibility index (Phi) is 8.59. The van der Waals surface area contributed by atoms with Crippen LogP contribution in [0.3, 0.4) is 0 Å². The second kappa shape index (κ2) is 11.6. The fourth-order valence-electron chi connectivity index (χ4n) is 3.31. The van der Waals surface area contributed by atoms with Crippen LogP contribution in [-0.4, -0.2) is 48.2 Å². The number of hydrogen-bond acceptors (Lipinski definition) is 6. The van der Waals surface area contributed by atoms with Crippen molar-refractivity contribution < 1.29 is 27.4 Å². The zero-order valence-electron chi connectivity index (χ0n) is 20.3. The topological polar surface area (TPSA) is 94.2 Å². The molecule has 0 fully saturated rings. The van der Waals surface area contributed by atoms with Crippen LogP contribution in [-0.2, 0) is 14.8 Å². The Morgan fingerprint density at radius 2 is 1.46 bits per heavy atom. The molecule has 3 aromatic carbocycles. The molecular weight excluding hydrogens is 468 g/mol. The first-order chi connectivity index (χ1) is 16.7. The lowest BCUT2D eigenvalue weighted by molar-refractivity contribution is -0.119. The second-order valence-electron chi connectivity index (χ2n) is 7.88. The normalized spacial score (nSPS) is 11.0. The quantitative estimate of drug-likeness (QED) is 0.405. The van der Waals surface area contributed by atoms with Gasteiger partial charge in [-0.3, -0.25) is 9.10 Å². The molecule has 0 atom stereocenters. The zero-order chi connectivity index (χ0) is 25.4. The summed E-state index contributed by atoms with van der Waals surface area (Å²) in [6, 6.07) is 18.8. The van der Waals surface area contributed by atoms with Crippen LogP contribution in [0.4, 0.5) is 5.69 Å². The van der Waals surface area contributed by atoms with Gasteiger partial charge in [0.05, 0.1) is 31.3 Å². The first-order valence-electron chi connectivity index (χ1n) is 11.0.